The van der Waals surface area contributed by atoms with Gasteiger partial charge in [-0.1, -0.05) is 72.4 Å². The van der Waals surface area contributed by atoms with Crippen molar-refractivity contribution in [2.24, 2.45) is 0 Å². The molecule has 5 aromatic rings. The molecule has 190 valence electrons. The van der Waals surface area contributed by atoms with Crippen LogP contribution in [0.2, 0.25) is 0 Å². The van der Waals surface area contributed by atoms with E-state index in [1.165, 1.54) is 37.8 Å². The number of imidazole rings is 1. The lowest BCUT2D eigenvalue weighted by Gasteiger charge is -2.18. The fraction of sp³-hybridized carbons (Fsp3) is 0.250. The number of benzene rings is 3. The van der Waals surface area contributed by atoms with Gasteiger partial charge >= 0.3 is 0 Å². The van der Waals surface area contributed by atoms with E-state index in [2.05, 4.69) is 43.2 Å². The molecule has 5 rings (SSSR count). The maximum atomic E-state index is 13.3. The second-order valence-corrected chi connectivity index (χ2v) is 11.5. The summed E-state index contributed by atoms with van der Waals surface area (Å²) >= 11 is 3.35. The molecular weight excluding hydrogens is 550 g/mol. The molecule has 2 heterocycles. The van der Waals surface area contributed by atoms with Crippen LogP contribution in [0.1, 0.15) is 39.0 Å². The van der Waals surface area contributed by atoms with Crippen molar-refractivity contribution in [1.82, 2.24) is 14.5 Å². The van der Waals surface area contributed by atoms with Gasteiger partial charge in [0, 0.05) is 10.3 Å². The molecule has 0 spiro atoms. The number of aromatic nitrogens is 4. The zero-order valence-corrected chi connectivity index (χ0v) is 23.0. The first-order valence-corrected chi connectivity index (χ1v) is 14.7. The van der Waals surface area contributed by atoms with Crippen molar-refractivity contribution in [2.75, 3.05) is 0 Å². The predicted octanol–water partition coefficient (Wildman–Crippen LogP) is 6.99. The molecule has 0 atom stereocenters. The third-order valence-corrected chi connectivity index (χ3v) is 8.10. The van der Waals surface area contributed by atoms with Gasteiger partial charge in [-0.25, -0.2) is 18.0 Å². The quantitative estimate of drug-likeness (QED) is 0.132. The minimum absolute atomic E-state index is 0.0532. The van der Waals surface area contributed by atoms with Gasteiger partial charge in [0.2, 0.25) is 15.8 Å². The summed E-state index contributed by atoms with van der Waals surface area (Å²) in [6.07, 6.45) is 7.90. The van der Waals surface area contributed by atoms with Crippen LogP contribution < -0.4 is 4.57 Å². The van der Waals surface area contributed by atoms with Crippen LogP contribution in [0.25, 0.3) is 32.6 Å². The highest BCUT2D eigenvalue weighted by Crippen LogP contribution is 2.33. The molecule has 9 heteroatoms. The van der Waals surface area contributed by atoms with Gasteiger partial charge in [0.05, 0.1) is 17.0 Å². The van der Waals surface area contributed by atoms with Crippen LogP contribution in [0.4, 0.5) is 5.82 Å². The molecule has 0 bridgehead atoms. The number of sulfonamides is 1. The van der Waals surface area contributed by atoms with Gasteiger partial charge in [-0.2, -0.15) is 4.57 Å². The molecule has 7 nitrogen and oxygen atoms in total. The van der Waals surface area contributed by atoms with Crippen molar-refractivity contribution in [3.05, 3.63) is 88.3 Å². The van der Waals surface area contributed by atoms with Crippen molar-refractivity contribution >= 4 is 53.8 Å². The molecule has 3 aromatic carbocycles. The Balaban J connectivity index is 1.60. The Bertz CT molecular complexity index is 1650. The second-order valence-electron chi connectivity index (χ2n) is 8.96. The first-order valence-electron chi connectivity index (χ1n) is 12.5. The molecule has 0 amide bonds. The molecular formula is C28H28BrN5O2S. The smallest absolute Gasteiger partial charge is 0.251 e. The summed E-state index contributed by atoms with van der Waals surface area (Å²) in [5.41, 5.74) is 3.21. The third kappa shape index (κ3) is 5.52. The number of hydrogen-bond donors (Lipinski definition) is 0. The second kappa shape index (κ2) is 11.0. The van der Waals surface area contributed by atoms with Crippen molar-refractivity contribution in [3.63, 3.8) is 0 Å². The zero-order chi connectivity index (χ0) is 25.8. The van der Waals surface area contributed by atoms with Crippen LogP contribution >= 0.6 is 15.9 Å². The average molecular weight is 579 g/mol. The van der Waals surface area contributed by atoms with Crippen molar-refractivity contribution < 1.29 is 13.0 Å². The van der Waals surface area contributed by atoms with E-state index in [4.69, 9.17) is 4.98 Å². The van der Waals surface area contributed by atoms with Gasteiger partial charge < -0.3 is 9.71 Å². The fourth-order valence-electron chi connectivity index (χ4n) is 4.38. The van der Waals surface area contributed by atoms with Crippen molar-refractivity contribution in [3.8, 4) is 5.82 Å². The highest BCUT2D eigenvalue weighted by atomic mass is 79.9. The van der Waals surface area contributed by atoms with Crippen molar-refractivity contribution in [1.29, 1.82) is 0 Å². The van der Waals surface area contributed by atoms with Gasteiger partial charge in [0.25, 0.3) is 6.33 Å². The Morgan fingerprint density at radius 3 is 2.30 bits per heavy atom. The summed E-state index contributed by atoms with van der Waals surface area (Å²) in [5.74, 6) is 0.429. The maximum absolute atomic E-state index is 13.3. The average Bonchev–Trinajstić information content (AvgIpc) is 3.26. The summed E-state index contributed by atoms with van der Waals surface area (Å²) in [5, 5.41) is 0. The number of rotatable bonds is 10. The molecule has 0 N–H and O–H groups in total. The van der Waals surface area contributed by atoms with E-state index in [9.17, 15) is 8.42 Å². The van der Waals surface area contributed by atoms with Crippen LogP contribution in [0.3, 0.4) is 0 Å². The zero-order valence-electron chi connectivity index (χ0n) is 20.6. The minimum Gasteiger partial charge on any atom is -0.429 e. The molecule has 2 aromatic heterocycles. The SMILES string of the molecule is CCCCCCC[n+]1cn(-c2nc3ccccc3nc2[N-]S(=O)(=O)c2ccc(Br)cc2)c2ccccc21. The van der Waals surface area contributed by atoms with E-state index < -0.39 is 10.0 Å². The fourth-order valence-corrected chi connectivity index (χ4v) is 5.58. The van der Waals surface area contributed by atoms with E-state index in [1.807, 2.05) is 53.4 Å². The van der Waals surface area contributed by atoms with Gasteiger partial charge in [-0.15, -0.1) is 0 Å². The van der Waals surface area contributed by atoms with Crippen LogP contribution in [0, 0.1) is 0 Å². The monoisotopic (exact) mass is 577 g/mol. The summed E-state index contributed by atoms with van der Waals surface area (Å²) in [4.78, 5) is 9.58. The highest BCUT2D eigenvalue weighted by Gasteiger charge is 2.21. The number of halogens is 1. The minimum atomic E-state index is -4.02. The van der Waals surface area contributed by atoms with E-state index in [-0.39, 0.29) is 10.7 Å². The first kappa shape index (κ1) is 25.4. The van der Waals surface area contributed by atoms with E-state index in [0.717, 1.165) is 28.5 Å². The molecule has 0 aliphatic carbocycles. The van der Waals surface area contributed by atoms with Crippen LogP contribution in [-0.2, 0) is 16.6 Å². The van der Waals surface area contributed by atoms with E-state index in [0.29, 0.717) is 16.9 Å². The number of nitrogens with zero attached hydrogens (tertiary/aromatic N) is 5. The molecule has 0 saturated heterocycles. The first-order chi connectivity index (χ1) is 18.0. The van der Waals surface area contributed by atoms with E-state index in [1.54, 1.807) is 12.1 Å². The molecule has 0 saturated carbocycles. The lowest BCUT2D eigenvalue weighted by atomic mass is 10.1. The standard InChI is InChI=1S/C28H28BrN5O2S/c1-2-3-4-5-10-19-33-20-34(26-14-9-8-13-25(26)33)28-27(30-23-11-6-7-12-24(23)31-28)32-37(35,36)22-17-15-21(29)16-18-22/h6-9,11-18,20H,2-5,10,19H2,1H3. The topological polar surface area (TPSA) is 82.8 Å². The van der Waals surface area contributed by atoms with Gasteiger partial charge in [-0.05, 0) is 60.8 Å². The Hall–Kier alpha value is -3.30. The predicted molar refractivity (Wildman–Crippen MR) is 150 cm³/mol. The summed E-state index contributed by atoms with van der Waals surface area (Å²) < 4.78 is 35.6. The third-order valence-electron chi connectivity index (χ3n) is 6.29. The molecule has 0 unspecified atom stereocenters. The molecule has 0 fully saturated rings. The summed E-state index contributed by atoms with van der Waals surface area (Å²) in [6.45, 7) is 3.08. The lowest BCUT2D eigenvalue weighted by molar-refractivity contribution is -0.672. The molecule has 37 heavy (non-hydrogen) atoms. The highest BCUT2D eigenvalue weighted by molar-refractivity contribution is 9.10. The Morgan fingerprint density at radius 2 is 1.54 bits per heavy atom. The Kier molecular flexibility index (Phi) is 7.53. The molecule has 0 aliphatic heterocycles. The normalized spacial score (nSPS) is 11.8. The van der Waals surface area contributed by atoms with Crippen LogP contribution in [-0.4, -0.2) is 23.0 Å². The van der Waals surface area contributed by atoms with Crippen molar-refractivity contribution in [2.45, 2.75) is 50.5 Å². The molecule has 0 aliphatic rings. The van der Waals surface area contributed by atoms with E-state index >= 15 is 0 Å². The van der Waals surface area contributed by atoms with Crippen LogP contribution in [0.5, 0.6) is 0 Å². The Labute approximate surface area is 225 Å². The number of fused-ring (bicyclic) bond motifs is 2. The number of unbranched alkanes of at least 4 members (excludes halogenated alkanes) is 4. The van der Waals surface area contributed by atoms with Gasteiger partial charge in [0.15, 0.2) is 11.0 Å². The van der Waals surface area contributed by atoms with Gasteiger partial charge in [0.1, 0.15) is 0 Å². The van der Waals surface area contributed by atoms with Crippen LogP contribution in [0.15, 0.2) is 88.5 Å². The summed E-state index contributed by atoms with van der Waals surface area (Å²) in [7, 11) is -4.02. The number of para-hydroxylation sites is 4. The van der Waals surface area contributed by atoms with Gasteiger partial charge in [-0.3, -0.25) is 0 Å². The lowest BCUT2D eigenvalue weighted by Crippen LogP contribution is -2.32. The number of hydrogen-bond acceptors (Lipinski definition) is 4. The maximum Gasteiger partial charge on any atom is 0.251 e. The number of aryl methyl sites for hydroxylation is 1. The Morgan fingerprint density at radius 1 is 0.865 bits per heavy atom. The largest absolute Gasteiger partial charge is 0.429 e. The molecule has 0 radical (unpaired) electrons. The summed E-state index contributed by atoms with van der Waals surface area (Å²) in [6, 6.07) is 21.9.